The molecule has 0 bridgehead atoms. The Bertz CT molecular complexity index is 360. The van der Waals surface area contributed by atoms with Gasteiger partial charge in [0.05, 0.1) is 7.11 Å². The molecule has 1 rings (SSSR count). The van der Waals surface area contributed by atoms with Gasteiger partial charge in [-0.25, -0.2) is 9.86 Å². The predicted molar refractivity (Wildman–Crippen MR) is 65.4 cm³/mol. The first-order valence-electron chi connectivity index (χ1n) is 5.76. The van der Waals surface area contributed by atoms with E-state index in [1.54, 1.807) is 33.0 Å². The van der Waals surface area contributed by atoms with E-state index in [1.165, 1.54) is 19.1 Å². The molecule has 0 aliphatic carbocycles. The van der Waals surface area contributed by atoms with E-state index in [9.17, 15) is 9.59 Å². The third-order valence-corrected chi connectivity index (χ3v) is 2.43. The molecule has 0 spiro atoms. The molecule has 0 aromatic heterocycles. The fourth-order valence-electron chi connectivity index (χ4n) is 1.54. The van der Waals surface area contributed by atoms with Gasteiger partial charge in [-0.3, -0.25) is 14.5 Å². The second kappa shape index (κ2) is 5.39. The Morgan fingerprint density at radius 1 is 1.39 bits per heavy atom. The van der Waals surface area contributed by atoms with Gasteiger partial charge in [-0.15, -0.1) is 0 Å². The lowest BCUT2D eigenvalue weighted by Crippen LogP contribution is -2.46. The summed E-state index contributed by atoms with van der Waals surface area (Å²) in [5.74, 6) is -0.284. The summed E-state index contributed by atoms with van der Waals surface area (Å²) in [5, 5.41) is 1.11. The van der Waals surface area contributed by atoms with Crippen molar-refractivity contribution in [3.05, 3.63) is 12.3 Å². The first-order valence-corrected chi connectivity index (χ1v) is 5.76. The largest absolute Gasteiger partial charge is 0.443 e. The molecule has 6 nitrogen and oxygen atoms in total. The first-order chi connectivity index (χ1) is 8.26. The Hall–Kier alpha value is -1.56. The number of amides is 2. The molecule has 0 saturated carbocycles. The molecular formula is C12H20N2O4. The number of hydrogen-bond acceptors (Lipinski definition) is 4. The summed E-state index contributed by atoms with van der Waals surface area (Å²) in [4.78, 5) is 30.0. The second-order valence-electron chi connectivity index (χ2n) is 5.04. The molecule has 0 aromatic carbocycles. The highest BCUT2D eigenvalue weighted by atomic mass is 16.7. The zero-order valence-corrected chi connectivity index (χ0v) is 11.5. The molecule has 1 atom stereocenters. The van der Waals surface area contributed by atoms with Gasteiger partial charge in [-0.05, 0) is 27.2 Å². The SMILES string of the molecule is CON(C)C(=O)[C@@H]1CC=CN1C(=O)OC(C)(C)C. The maximum atomic E-state index is 12.0. The highest BCUT2D eigenvalue weighted by molar-refractivity contribution is 5.86. The highest BCUT2D eigenvalue weighted by Gasteiger charge is 2.35. The van der Waals surface area contributed by atoms with E-state index in [1.807, 2.05) is 0 Å². The Kier molecular flexibility index (Phi) is 4.34. The molecule has 0 saturated heterocycles. The average Bonchev–Trinajstić information content (AvgIpc) is 2.73. The van der Waals surface area contributed by atoms with E-state index in [0.717, 1.165) is 5.06 Å². The van der Waals surface area contributed by atoms with Gasteiger partial charge in [0, 0.05) is 13.2 Å². The van der Waals surface area contributed by atoms with Crippen LogP contribution in [0, 0.1) is 0 Å². The molecule has 0 radical (unpaired) electrons. The van der Waals surface area contributed by atoms with Crippen molar-refractivity contribution in [3.63, 3.8) is 0 Å². The minimum atomic E-state index is -0.593. The summed E-state index contributed by atoms with van der Waals surface area (Å²) in [7, 11) is 2.91. The molecule has 2 amide bonds. The fourth-order valence-corrected chi connectivity index (χ4v) is 1.54. The van der Waals surface area contributed by atoms with Crippen molar-refractivity contribution in [2.75, 3.05) is 14.2 Å². The third-order valence-electron chi connectivity index (χ3n) is 2.43. The molecule has 0 unspecified atom stereocenters. The molecule has 1 aliphatic heterocycles. The van der Waals surface area contributed by atoms with E-state index in [2.05, 4.69) is 0 Å². The van der Waals surface area contributed by atoms with Gasteiger partial charge in [0.25, 0.3) is 5.91 Å². The second-order valence-corrected chi connectivity index (χ2v) is 5.04. The number of hydroxylamine groups is 2. The van der Waals surface area contributed by atoms with Crippen LogP contribution in [0.5, 0.6) is 0 Å². The summed E-state index contributed by atoms with van der Waals surface area (Å²) in [6.07, 6.45) is 3.26. The minimum absolute atomic E-state index is 0.284. The van der Waals surface area contributed by atoms with E-state index in [-0.39, 0.29) is 5.91 Å². The summed E-state index contributed by atoms with van der Waals surface area (Å²) in [6, 6.07) is -0.593. The number of ether oxygens (including phenoxy) is 1. The first kappa shape index (κ1) is 14.5. The van der Waals surface area contributed by atoms with Crippen LogP contribution in [0.25, 0.3) is 0 Å². The number of carbonyl (C=O) groups is 2. The standard InChI is InChI=1S/C12H20N2O4/c1-12(2,3)18-11(16)14-8-6-7-9(14)10(15)13(4)17-5/h6,8-9H,7H2,1-5H3/t9-/m0/s1. The number of likely N-dealkylation sites (N-methyl/N-ethyl adjacent to an activating group) is 1. The van der Waals surface area contributed by atoms with E-state index in [0.29, 0.717) is 6.42 Å². The molecule has 102 valence electrons. The maximum absolute atomic E-state index is 12.0. The van der Waals surface area contributed by atoms with Gasteiger partial charge < -0.3 is 4.74 Å². The zero-order valence-electron chi connectivity index (χ0n) is 11.5. The van der Waals surface area contributed by atoms with Crippen molar-refractivity contribution in [1.29, 1.82) is 0 Å². The Morgan fingerprint density at radius 2 is 2.00 bits per heavy atom. The Morgan fingerprint density at radius 3 is 2.50 bits per heavy atom. The fraction of sp³-hybridized carbons (Fsp3) is 0.667. The van der Waals surface area contributed by atoms with Crippen molar-refractivity contribution >= 4 is 12.0 Å². The third kappa shape index (κ3) is 3.46. The van der Waals surface area contributed by atoms with Crippen molar-refractivity contribution in [2.24, 2.45) is 0 Å². The van der Waals surface area contributed by atoms with Crippen LogP contribution >= 0.6 is 0 Å². The lowest BCUT2D eigenvalue weighted by Gasteiger charge is -2.28. The van der Waals surface area contributed by atoms with Crippen LogP contribution in [0.15, 0.2) is 12.3 Å². The van der Waals surface area contributed by atoms with Crippen molar-refractivity contribution in [3.8, 4) is 0 Å². The van der Waals surface area contributed by atoms with E-state index < -0.39 is 17.7 Å². The molecule has 18 heavy (non-hydrogen) atoms. The van der Waals surface area contributed by atoms with Crippen LogP contribution in [0.2, 0.25) is 0 Å². The normalized spacial score (nSPS) is 18.9. The summed E-state index contributed by atoms with van der Waals surface area (Å²) in [5.41, 5.74) is -0.589. The number of hydrogen-bond donors (Lipinski definition) is 0. The van der Waals surface area contributed by atoms with Gasteiger partial charge >= 0.3 is 6.09 Å². The lowest BCUT2D eigenvalue weighted by molar-refractivity contribution is -0.173. The van der Waals surface area contributed by atoms with Crippen LogP contribution in [0.3, 0.4) is 0 Å². The summed E-state index contributed by atoms with van der Waals surface area (Å²) < 4.78 is 5.24. The van der Waals surface area contributed by atoms with Crippen LogP contribution < -0.4 is 0 Å². The zero-order chi connectivity index (χ0) is 13.9. The smallest absolute Gasteiger partial charge is 0.415 e. The molecule has 1 heterocycles. The van der Waals surface area contributed by atoms with Crippen LogP contribution in [0.1, 0.15) is 27.2 Å². The van der Waals surface area contributed by atoms with Crippen molar-refractivity contribution in [2.45, 2.75) is 38.8 Å². The van der Waals surface area contributed by atoms with Crippen molar-refractivity contribution < 1.29 is 19.2 Å². The van der Waals surface area contributed by atoms with Gasteiger partial charge in [0.15, 0.2) is 0 Å². The molecular weight excluding hydrogens is 236 g/mol. The molecule has 0 N–H and O–H groups in total. The summed E-state index contributed by atoms with van der Waals surface area (Å²) in [6.45, 7) is 5.34. The Labute approximate surface area is 107 Å². The molecule has 0 fully saturated rings. The van der Waals surface area contributed by atoms with Gasteiger partial charge in [0.2, 0.25) is 0 Å². The van der Waals surface area contributed by atoms with Crippen LogP contribution in [-0.2, 0) is 14.4 Å². The van der Waals surface area contributed by atoms with Gasteiger partial charge in [-0.1, -0.05) is 6.08 Å². The molecule has 1 aliphatic rings. The predicted octanol–water partition coefficient (Wildman–Crippen LogP) is 1.53. The summed E-state index contributed by atoms with van der Waals surface area (Å²) >= 11 is 0. The Balaban J connectivity index is 2.73. The average molecular weight is 256 g/mol. The lowest BCUT2D eigenvalue weighted by atomic mass is 10.2. The maximum Gasteiger partial charge on any atom is 0.415 e. The quantitative estimate of drug-likeness (QED) is 0.703. The van der Waals surface area contributed by atoms with Gasteiger partial charge in [-0.2, -0.15) is 0 Å². The molecule has 6 heteroatoms. The molecule has 0 aromatic rings. The van der Waals surface area contributed by atoms with Gasteiger partial charge in [0.1, 0.15) is 11.6 Å². The topological polar surface area (TPSA) is 59.1 Å². The van der Waals surface area contributed by atoms with Crippen LogP contribution in [0.4, 0.5) is 4.79 Å². The minimum Gasteiger partial charge on any atom is -0.443 e. The monoisotopic (exact) mass is 256 g/mol. The van der Waals surface area contributed by atoms with E-state index >= 15 is 0 Å². The number of nitrogens with zero attached hydrogens (tertiary/aromatic N) is 2. The van der Waals surface area contributed by atoms with Crippen molar-refractivity contribution in [1.82, 2.24) is 9.96 Å². The highest BCUT2D eigenvalue weighted by Crippen LogP contribution is 2.20. The van der Waals surface area contributed by atoms with Crippen LogP contribution in [-0.4, -0.2) is 47.8 Å². The number of carbonyl (C=O) groups excluding carboxylic acids is 2. The number of rotatable bonds is 2. The van der Waals surface area contributed by atoms with E-state index in [4.69, 9.17) is 9.57 Å².